The molecule has 2 aliphatic carbocycles. The van der Waals surface area contributed by atoms with Crippen LogP contribution < -0.4 is 9.64 Å². The van der Waals surface area contributed by atoms with E-state index < -0.39 is 5.79 Å². The Kier molecular flexibility index (Phi) is 5.24. The fraction of sp³-hybridized carbons (Fsp3) is 0.296. The van der Waals surface area contributed by atoms with Crippen molar-refractivity contribution in [3.63, 3.8) is 0 Å². The van der Waals surface area contributed by atoms with Gasteiger partial charge in [0.05, 0.1) is 18.4 Å². The maximum absolute atomic E-state index is 13.3. The van der Waals surface area contributed by atoms with Crippen molar-refractivity contribution >= 4 is 17.0 Å². The lowest BCUT2D eigenvalue weighted by Crippen LogP contribution is -2.38. The number of allylic oxidation sites excluding steroid dienone is 5. The average Bonchev–Trinajstić information content (AvgIpc) is 2.85. The Morgan fingerprint density at radius 1 is 1.03 bits per heavy atom. The van der Waals surface area contributed by atoms with Crippen molar-refractivity contribution in [3.05, 3.63) is 88.7 Å². The van der Waals surface area contributed by atoms with E-state index in [0.717, 1.165) is 40.1 Å². The zero-order valence-electron chi connectivity index (χ0n) is 18.7. The van der Waals surface area contributed by atoms with Gasteiger partial charge in [0.15, 0.2) is 11.6 Å². The van der Waals surface area contributed by atoms with Crippen LogP contribution in [0.25, 0.3) is 5.57 Å². The molecule has 0 saturated heterocycles. The number of nitrogens with zero attached hydrogens (tertiary/aromatic N) is 1. The molecule has 2 aromatic carbocycles. The molecule has 2 aromatic rings. The van der Waals surface area contributed by atoms with Gasteiger partial charge in [0.25, 0.3) is 0 Å². The molecule has 1 aliphatic heterocycles. The van der Waals surface area contributed by atoms with E-state index in [1.807, 2.05) is 18.2 Å². The van der Waals surface area contributed by atoms with E-state index in [-0.39, 0.29) is 5.78 Å². The van der Waals surface area contributed by atoms with Gasteiger partial charge in [0.2, 0.25) is 0 Å². The highest BCUT2D eigenvalue weighted by Gasteiger charge is 2.43. The number of carbonyl (C=O) groups is 1. The second-order valence-corrected chi connectivity index (χ2v) is 8.28. The molecule has 0 saturated carbocycles. The Bertz CT molecular complexity index is 1150. The Morgan fingerprint density at radius 3 is 2.53 bits per heavy atom. The largest absolute Gasteiger partial charge is 0.497 e. The molecule has 32 heavy (non-hydrogen) atoms. The zero-order chi connectivity index (χ0) is 22.3. The predicted molar refractivity (Wildman–Crippen MR) is 125 cm³/mol. The maximum Gasteiger partial charge on any atom is 0.195 e. The minimum absolute atomic E-state index is 0.130. The van der Waals surface area contributed by atoms with E-state index in [1.54, 1.807) is 21.3 Å². The molecule has 164 valence electrons. The van der Waals surface area contributed by atoms with Crippen molar-refractivity contribution in [1.82, 2.24) is 0 Å². The summed E-state index contributed by atoms with van der Waals surface area (Å²) >= 11 is 0. The molecule has 0 N–H and O–H groups in total. The molecule has 5 nitrogen and oxygen atoms in total. The van der Waals surface area contributed by atoms with Gasteiger partial charge < -0.3 is 19.1 Å². The van der Waals surface area contributed by atoms with Crippen molar-refractivity contribution in [2.45, 2.75) is 31.6 Å². The number of benzene rings is 2. The van der Waals surface area contributed by atoms with Crippen molar-refractivity contribution < 1.29 is 19.0 Å². The number of fused-ring (bicyclic) bond motifs is 5. The highest BCUT2D eigenvalue weighted by Crippen LogP contribution is 2.48. The number of Topliss-reactive ketones (excluding diaryl/α,β-unsaturated/α-hetero) is 1. The molecule has 5 rings (SSSR count). The van der Waals surface area contributed by atoms with Crippen LogP contribution in [0.4, 0.5) is 5.69 Å². The summed E-state index contributed by atoms with van der Waals surface area (Å²) in [6, 6.07) is 12.2. The summed E-state index contributed by atoms with van der Waals surface area (Å²) in [5.41, 5.74) is 6.99. The highest BCUT2D eigenvalue weighted by molar-refractivity contribution is 6.08. The summed E-state index contributed by atoms with van der Waals surface area (Å²) in [7, 11) is 4.95. The number of carbonyl (C=O) groups excluding carboxylic acids is 1. The van der Waals surface area contributed by atoms with Crippen LogP contribution in [0.1, 0.15) is 46.3 Å². The smallest absolute Gasteiger partial charge is 0.195 e. The van der Waals surface area contributed by atoms with Gasteiger partial charge in [0, 0.05) is 50.9 Å². The zero-order valence-corrected chi connectivity index (χ0v) is 18.7. The fourth-order valence-corrected chi connectivity index (χ4v) is 5.00. The summed E-state index contributed by atoms with van der Waals surface area (Å²) in [5.74, 6) is 0.0451. The summed E-state index contributed by atoms with van der Waals surface area (Å²) in [6.45, 7) is 0.637. The van der Waals surface area contributed by atoms with E-state index >= 15 is 0 Å². The lowest BCUT2D eigenvalue weighted by molar-refractivity contribution is -0.221. The Morgan fingerprint density at radius 2 is 1.81 bits per heavy atom. The van der Waals surface area contributed by atoms with Crippen LogP contribution >= 0.6 is 0 Å². The van der Waals surface area contributed by atoms with Gasteiger partial charge in [0.1, 0.15) is 5.75 Å². The number of hydrogen-bond acceptors (Lipinski definition) is 5. The van der Waals surface area contributed by atoms with Crippen LogP contribution in [0.5, 0.6) is 5.75 Å². The second kappa shape index (κ2) is 8.08. The van der Waals surface area contributed by atoms with Gasteiger partial charge >= 0.3 is 0 Å². The fourth-order valence-electron chi connectivity index (χ4n) is 5.00. The van der Waals surface area contributed by atoms with E-state index in [2.05, 4.69) is 47.5 Å². The van der Waals surface area contributed by atoms with Gasteiger partial charge in [-0.25, -0.2) is 0 Å². The summed E-state index contributed by atoms with van der Waals surface area (Å²) in [5, 5.41) is 0. The Labute approximate surface area is 188 Å². The minimum Gasteiger partial charge on any atom is -0.497 e. The Balaban J connectivity index is 1.69. The standard InChI is InChI=1S/C27H27NO4/c1-30-20-10-8-18(9-11-20)16-28-17-19-6-4-5-7-21(19)22-12-13-23-25(26(22)28)24(29)14-15-27(23,31-2)32-3/h4,6-13,17H,5,14-16H2,1-3H3. The molecule has 0 unspecified atom stereocenters. The van der Waals surface area contributed by atoms with E-state index in [4.69, 9.17) is 14.2 Å². The molecule has 0 spiro atoms. The van der Waals surface area contributed by atoms with Gasteiger partial charge in [-0.2, -0.15) is 0 Å². The van der Waals surface area contributed by atoms with E-state index in [9.17, 15) is 4.79 Å². The monoisotopic (exact) mass is 429 g/mol. The van der Waals surface area contributed by atoms with Crippen molar-refractivity contribution in [1.29, 1.82) is 0 Å². The SMILES string of the molecule is COc1ccc(CN2C=C3C=CCC=C3c3ccc4c(c32)C(=O)CCC4(OC)OC)cc1. The number of anilines is 1. The van der Waals surface area contributed by atoms with Gasteiger partial charge in [-0.05, 0) is 35.3 Å². The maximum atomic E-state index is 13.3. The number of methoxy groups -OCH3 is 3. The molecule has 0 fully saturated rings. The first-order chi connectivity index (χ1) is 15.6. The van der Waals surface area contributed by atoms with Crippen LogP contribution in [0.2, 0.25) is 0 Å². The van der Waals surface area contributed by atoms with Crippen molar-refractivity contribution in [2.24, 2.45) is 0 Å². The van der Waals surface area contributed by atoms with Crippen molar-refractivity contribution in [3.8, 4) is 5.75 Å². The van der Waals surface area contributed by atoms with Crippen LogP contribution in [-0.2, 0) is 21.8 Å². The van der Waals surface area contributed by atoms with E-state index in [0.29, 0.717) is 24.9 Å². The second-order valence-electron chi connectivity index (χ2n) is 8.28. The average molecular weight is 430 g/mol. The van der Waals surface area contributed by atoms with Crippen LogP contribution in [0.15, 0.2) is 66.4 Å². The summed E-state index contributed by atoms with van der Waals surface area (Å²) < 4.78 is 17.0. The third-order valence-electron chi connectivity index (χ3n) is 6.66. The molecule has 3 aliphatic rings. The number of ether oxygens (including phenoxy) is 3. The molecular weight excluding hydrogens is 402 g/mol. The van der Waals surface area contributed by atoms with Gasteiger partial charge in [-0.15, -0.1) is 0 Å². The highest BCUT2D eigenvalue weighted by atomic mass is 16.7. The first-order valence-corrected chi connectivity index (χ1v) is 10.9. The molecule has 5 heteroatoms. The van der Waals surface area contributed by atoms with Gasteiger partial charge in [-0.3, -0.25) is 4.79 Å². The molecule has 0 aromatic heterocycles. The van der Waals surface area contributed by atoms with E-state index in [1.165, 1.54) is 5.57 Å². The molecule has 0 bridgehead atoms. The number of ketones is 1. The normalized spacial score (nSPS) is 18.3. The van der Waals surface area contributed by atoms with Gasteiger partial charge in [-0.1, -0.05) is 42.5 Å². The lowest BCUT2D eigenvalue weighted by atomic mass is 9.79. The molecule has 1 heterocycles. The third-order valence-corrected chi connectivity index (χ3v) is 6.66. The number of hydrogen-bond donors (Lipinski definition) is 0. The first kappa shape index (κ1) is 20.7. The quantitative estimate of drug-likeness (QED) is 0.599. The van der Waals surface area contributed by atoms with Crippen LogP contribution in [0, 0.1) is 0 Å². The topological polar surface area (TPSA) is 48.0 Å². The lowest BCUT2D eigenvalue weighted by Gasteiger charge is -2.40. The van der Waals surface area contributed by atoms with Crippen LogP contribution in [-0.4, -0.2) is 27.1 Å². The molecular formula is C27H27NO4. The third kappa shape index (κ3) is 3.20. The summed E-state index contributed by atoms with van der Waals surface area (Å²) in [4.78, 5) is 15.5. The first-order valence-electron chi connectivity index (χ1n) is 10.9. The Hall–Kier alpha value is -3.15. The minimum atomic E-state index is -0.908. The number of rotatable bonds is 5. The summed E-state index contributed by atoms with van der Waals surface area (Å²) in [6.07, 6.45) is 10.5. The van der Waals surface area contributed by atoms with Crippen molar-refractivity contribution in [2.75, 3.05) is 26.2 Å². The van der Waals surface area contributed by atoms with Crippen LogP contribution in [0.3, 0.4) is 0 Å². The molecule has 0 radical (unpaired) electrons. The molecule has 0 amide bonds. The molecule has 0 atom stereocenters. The predicted octanol–water partition coefficient (Wildman–Crippen LogP) is 5.36.